The molecule has 0 saturated carbocycles. The fourth-order valence-electron chi connectivity index (χ4n) is 1.77. The maximum absolute atomic E-state index is 12.5. The highest BCUT2D eigenvalue weighted by Gasteiger charge is 2.30. The van der Waals surface area contributed by atoms with Crippen LogP contribution in [0.2, 0.25) is 0 Å². The minimum atomic E-state index is -4.30. The Morgan fingerprint density at radius 1 is 1.31 bits per heavy atom. The topological polar surface area (TPSA) is 17.8 Å². The quantitative estimate of drug-likeness (QED) is 0.733. The van der Waals surface area contributed by atoms with Gasteiger partial charge in [0.05, 0.1) is 16.8 Å². The average molecular weight is 228 g/mol. The van der Waals surface area contributed by atoms with E-state index in [0.29, 0.717) is 11.9 Å². The van der Waals surface area contributed by atoms with Crippen LogP contribution in [0.3, 0.4) is 0 Å². The summed E-state index contributed by atoms with van der Waals surface area (Å²) in [6.45, 7) is 1.93. The number of aryl methyl sites for hydroxylation is 2. The van der Waals surface area contributed by atoms with Gasteiger partial charge in [0.1, 0.15) is 0 Å². The molecular weight excluding hydrogens is 217 g/mol. The summed E-state index contributed by atoms with van der Waals surface area (Å²) in [6.07, 6.45) is -3.59. The van der Waals surface area contributed by atoms with Gasteiger partial charge in [-0.05, 0) is 18.6 Å². The minimum Gasteiger partial charge on any atom is -0.268 e. The van der Waals surface area contributed by atoms with Crippen molar-refractivity contribution in [2.45, 2.75) is 19.5 Å². The molecule has 1 heterocycles. The number of rotatable bonds is 1. The summed E-state index contributed by atoms with van der Waals surface area (Å²) in [7, 11) is 1.65. The Morgan fingerprint density at radius 2 is 2.00 bits per heavy atom. The molecule has 1 aromatic carbocycles. The SMILES string of the molecule is CCc1nn(C)c2cc(C(F)(F)F)ccc12. The number of halogens is 3. The van der Waals surface area contributed by atoms with Crippen LogP contribution in [-0.2, 0) is 19.6 Å². The normalized spacial score (nSPS) is 12.3. The van der Waals surface area contributed by atoms with E-state index >= 15 is 0 Å². The first kappa shape index (κ1) is 11.0. The second-order valence-electron chi connectivity index (χ2n) is 3.65. The Labute approximate surface area is 90.7 Å². The predicted octanol–water partition coefficient (Wildman–Crippen LogP) is 3.15. The third-order valence-corrected chi connectivity index (χ3v) is 2.59. The molecule has 2 nitrogen and oxygen atoms in total. The summed E-state index contributed by atoms with van der Waals surface area (Å²) in [5, 5.41) is 4.97. The van der Waals surface area contributed by atoms with Crippen LogP contribution in [-0.4, -0.2) is 9.78 Å². The largest absolute Gasteiger partial charge is 0.416 e. The van der Waals surface area contributed by atoms with Crippen LogP contribution in [0.25, 0.3) is 10.9 Å². The Morgan fingerprint density at radius 3 is 2.56 bits per heavy atom. The van der Waals surface area contributed by atoms with Gasteiger partial charge in [0.25, 0.3) is 0 Å². The average Bonchev–Trinajstić information content (AvgIpc) is 2.54. The Balaban J connectivity index is 2.67. The molecule has 0 unspecified atom stereocenters. The van der Waals surface area contributed by atoms with E-state index in [1.54, 1.807) is 7.05 Å². The molecule has 86 valence electrons. The van der Waals surface area contributed by atoms with Crippen molar-refractivity contribution in [1.29, 1.82) is 0 Å². The van der Waals surface area contributed by atoms with Gasteiger partial charge in [-0.3, -0.25) is 4.68 Å². The third kappa shape index (κ3) is 1.66. The maximum Gasteiger partial charge on any atom is 0.416 e. The molecule has 0 aliphatic rings. The molecule has 0 radical (unpaired) electrons. The lowest BCUT2D eigenvalue weighted by Gasteiger charge is -2.06. The highest BCUT2D eigenvalue weighted by Crippen LogP contribution is 2.32. The second-order valence-corrected chi connectivity index (χ2v) is 3.65. The molecule has 16 heavy (non-hydrogen) atoms. The van der Waals surface area contributed by atoms with E-state index in [9.17, 15) is 13.2 Å². The molecule has 0 atom stereocenters. The van der Waals surface area contributed by atoms with Gasteiger partial charge >= 0.3 is 6.18 Å². The molecule has 2 aromatic rings. The van der Waals surface area contributed by atoms with Crippen LogP contribution in [0.5, 0.6) is 0 Å². The van der Waals surface area contributed by atoms with Crippen LogP contribution in [0.4, 0.5) is 13.2 Å². The number of alkyl halides is 3. The van der Waals surface area contributed by atoms with Crippen molar-refractivity contribution in [2.24, 2.45) is 7.05 Å². The summed E-state index contributed by atoms with van der Waals surface area (Å²) in [5.74, 6) is 0. The van der Waals surface area contributed by atoms with E-state index in [-0.39, 0.29) is 0 Å². The van der Waals surface area contributed by atoms with E-state index in [0.717, 1.165) is 23.2 Å². The van der Waals surface area contributed by atoms with Gasteiger partial charge in [-0.15, -0.1) is 0 Å². The minimum absolute atomic E-state index is 0.520. The number of fused-ring (bicyclic) bond motifs is 1. The molecule has 0 amide bonds. The molecule has 0 bridgehead atoms. The van der Waals surface area contributed by atoms with Crippen LogP contribution < -0.4 is 0 Å². The van der Waals surface area contributed by atoms with Crippen LogP contribution in [0.1, 0.15) is 18.2 Å². The zero-order valence-electron chi connectivity index (χ0n) is 8.97. The first-order chi connectivity index (χ1) is 7.43. The summed E-state index contributed by atoms with van der Waals surface area (Å²) in [5.41, 5.74) is 0.712. The van der Waals surface area contributed by atoms with Gasteiger partial charge in [0.15, 0.2) is 0 Å². The second kappa shape index (κ2) is 3.50. The van der Waals surface area contributed by atoms with Crippen molar-refractivity contribution in [3.63, 3.8) is 0 Å². The fourth-order valence-corrected chi connectivity index (χ4v) is 1.77. The van der Waals surface area contributed by atoms with Crippen LogP contribution in [0, 0.1) is 0 Å². The molecule has 0 spiro atoms. The van der Waals surface area contributed by atoms with Gasteiger partial charge in [-0.2, -0.15) is 18.3 Å². The lowest BCUT2D eigenvalue weighted by Crippen LogP contribution is -2.04. The van der Waals surface area contributed by atoms with Crippen molar-refractivity contribution in [3.8, 4) is 0 Å². The summed E-state index contributed by atoms with van der Waals surface area (Å²) in [6, 6.07) is 3.73. The number of hydrogen-bond acceptors (Lipinski definition) is 1. The zero-order chi connectivity index (χ0) is 11.9. The molecule has 1 aromatic heterocycles. The molecular formula is C11H11F3N2. The first-order valence-corrected chi connectivity index (χ1v) is 4.96. The fraction of sp³-hybridized carbons (Fsp3) is 0.364. The summed E-state index contributed by atoms with van der Waals surface area (Å²) < 4.78 is 39.0. The van der Waals surface area contributed by atoms with Crippen LogP contribution in [0.15, 0.2) is 18.2 Å². The number of benzene rings is 1. The smallest absolute Gasteiger partial charge is 0.268 e. The van der Waals surface area contributed by atoms with E-state index in [1.807, 2.05) is 6.92 Å². The lowest BCUT2D eigenvalue weighted by molar-refractivity contribution is -0.137. The van der Waals surface area contributed by atoms with Crippen molar-refractivity contribution < 1.29 is 13.2 Å². The van der Waals surface area contributed by atoms with Crippen molar-refractivity contribution in [3.05, 3.63) is 29.5 Å². The molecule has 0 saturated heterocycles. The highest BCUT2D eigenvalue weighted by molar-refractivity contribution is 5.82. The van der Waals surface area contributed by atoms with Crippen molar-refractivity contribution in [1.82, 2.24) is 9.78 Å². The maximum atomic E-state index is 12.5. The molecule has 2 rings (SSSR count). The molecule has 5 heteroatoms. The van der Waals surface area contributed by atoms with E-state index in [4.69, 9.17) is 0 Å². The van der Waals surface area contributed by atoms with Crippen molar-refractivity contribution in [2.75, 3.05) is 0 Å². The third-order valence-electron chi connectivity index (χ3n) is 2.59. The molecule has 0 aliphatic heterocycles. The first-order valence-electron chi connectivity index (χ1n) is 4.96. The zero-order valence-corrected chi connectivity index (χ0v) is 8.97. The standard InChI is InChI=1S/C11H11F3N2/c1-3-9-8-5-4-7(11(12,13)14)6-10(8)16(2)15-9/h4-6H,3H2,1-2H3. The lowest BCUT2D eigenvalue weighted by atomic mass is 10.1. The monoisotopic (exact) mass is 228 g/mol. The van der Waals surface area contributed by atoms with Crippen molar-refractivity contribution >= 4 is 10.9 Å². The van der Waals surface area contributed by atoms with Gasteiger partial charge < -0.3 is 0 Å². The Kier molecular flexibility index (Phi) is 2.40. The number of nitrogens with zero attached hydrogens (tertiary/aromatic N) is 2. The van der Waals surface area contributed by atoms with E-state index in [2.05, 4.69) is 5.10 Å². The van der Waals surface area contributed by atoms with Gasteiger partial charge in [-0.1, -0.05) is 13.0 Å². The van der Waals surface area contributed by atoms with Gasteiger partial charge in [0, 0.05) is 12.4 Å². The number of aromatic nitrogens is 2. The summed E-state index contributed by atoms with van der Waals surface area (Å²) in [4.78, 5) is 0. The predicted molar refractivity (Wildman–Crippen MR) is 55.1 cm³/mol. The van der Waals surface area contributed by atoms with Gasteiger partial charge in [0.2, 0.25) is 0 Å². The Bertz CT molecular complexity index is 526. The van der Waals surface area contributed by atoms with E-state index in [1.165, 1.54) is 10.7 Å². The van der Waals surface area contributed by atoms with Gasteiger partial charge in [-0.25, -0.2) is 0 Å². The molecule has 0 N–H and O–H groups in total. The number of hydrogen-bond donors (Lipinski definition) is 0. The van der Waals surface area contributed by atoms with Crippen LogP contribution >= 0.6 is 0 Å². The Hall–Kier alpha value is -1.52. The van der Waals surface area contributed by atoms with E-state index < -0.39 is 11.7 Å². The highest BCUT2D eigenvalue weighted by atomic mass is 19.4. The summed E-state index contributed by atoms with van der Waals surface area (Å²) >= 11 is 0. The molecule has 0 fully saturated rings. The molecule has 0 aliphatic carbocycles.